The summed E-state index contributed by atoms with van der Waals surface area (Å²) in [5.41, 5.74) is 2.47. The minimum atomic E-state index is 0.435. The third-order valence-electron chi connectivity index (χ3n) is 4.28. The maximum atomic E-state index is 6.43. The average Bonchev–Trinajstić information content (AvgIpc) is 3.13. The van der Waals surface area contributed by atoms with Crippen LogP contribution in [-0.4, -0.2) is 14.8 Å². The molecule has 0 amide bonds. The third kappa shape index (κ3) is 4.59. The summed E-state index contributed by atoms with van der Waals surface area (Å²) in [5.74, 6) is 1.18. The van der Waals surface area contributed by atoms with Gasteiger partial charge >= 0.3 is 0 Å². The molecule has 0 aliphatic carbocycles. The molecule has 0 aliphatic rings. The number of hydrogen-bond acceptors (Lipinski definition) is 3. The molecular weight excluding hydrogens is 504 g/mol. The molecule has 0 fully saturated rings. The van der Waals surface area contributed by atoms with Crippen molar-refractivity contribution in [2.45, 2.75) is 10.9 Å². The first-order chi connectivity index (χ1) is 14.4. The van der Waals surface area contributed by atoms with Crippen molar-refractivity contribution in [1.82, 2.24) is 14.8 Å². The molecule has 0 unspecified atom stereocenters. The first-order valence-electron chi connectivity index (χ1n) is 8.66. The van der Waals surface area contributed by atoms with Gasteiger partial charge in [0.25, 0.3) is 0 Å². The Kier molecular flexibility index (Phi) is 6.83. The summed E-state index contributed by atoms with van der Waals surface area (Å²) in [7, 11) is 0. The van der Waals surface area contributed by atoms with Crippen LogP contribution in [0.1, 0.15) is 5.56 Å². The minimum absolute atomic E-state index is 0.435. The Balaban J connectivity index is 1.78. The number of rotatable bonds is 5. The van der Waals surface area contributed by atoms with Gasteiger partial charge in [-0.25, -0.2) is 0 Å². The van der Waals surface area contributed by atoms with Crippen molar-refractivity contribution >= 4 is 69.8 Å². The van der Waals surface area contributed by atoms with Crippen molar-refractivity contribution in [2.24, 2.45) is 0 Å². The van der Waals surface area contributed by atoms with Gasteiger partial charge in [-0.1, -0.05) is 88.0 Å². The molecule has 1 heterocycles. The van der Waals surface area contributed by atoms with E-state index >= 15 is 0 Å². The van der Waals surface area contributed by atoms with E-state index in [0.29, 0.717) is 41.8 Å². The van der Waals surface area contributed by atoms with Gasteiger partial charge in [0, 0.05) is 21.4 Å². The Morgan fingerprint density at radius 1 is 0.733 bits per heavy atom. The van der Waals surface area contributed by atoms with Crippen LogP contribution in [0.15, 0.2) is 65.8 Å². The van der Waals surface area contributed by atoms with E-state index in [2.05, 4.69) is 10.2 Å². The van der Waals surface area contributed by atoms with Crippen LogP contribution in [0.2, 0.25) is 25.1 Å². The number of benzene rings is 3. The van der Waals surface area contributed by atoms with Gasteiger partial charge in [-0.3, -0.25) is 4.57 Å². The fourth-order valence-electron chi connectivity index (χ4n) is 2.82. The van der Waals surface area contributed by atoms with E-state index in [1.54, 1.807) is 18.2 Å². The van der Waals surface area contributed by atoms with Gasteiger partial charge in [0.2, 0.25) is 0 Å². The van der Waals surface area contributed by atoms with Crippen LogP contribution >= 0.6 is 69.8 Å². The maximum Gasteiger partial charge on any atom is 0.196 e. The van der Waals surface area contributed by atoms with Gasteiger partial charge in [-0.2, -0.15) is 0 Å². The topological polar surface area (TPSA) is 30.7 Å². The predicted molar refractivity (Wildman–Crippen MR) is 128 cm³/mol. The highest BCUT2D eigenvalue weighted by Gasteiger charge is 2.19. The lowest BCUT2D eigenvalue weighted by molar-refractivity contribution is 0.886. The van der Waals surface area contributed by atoms with E-state index in [9.17, 15) is 0 Å². The van der Waals surface area contributed by atoms with Crippen molar-refractivity contribution in [3.63, 3.8) is 0 Å². The lowest BCUT2D eigenvalue weighted by atomic mass is 10.2. The van der Waals surface area contributed by atoms with E-state index in [4.69, 9.17) is 58.0 Å². The Bertz CT molecular complexity index is 1230. The fourth-order valence-corrected chi connectivity index (χ4v) is 4.84. The zero-order chi connectivity index (χ0) is 21.3. The monoisotopic (exact) mass is 513 g/mol. The van der Waals surface area contributed by atoms with Crippen molar-refractivity contribution < 1.29 is 0 Å². The van der Waals surface area contributed by atoms with Gasteiger partial charge in [0.1, 0.15) is 0 Å². The molecule has 0 aliphatic heterocycles. The van der Waals surface area contributed by atoms with Crippen molar-refractivity contribution in [2.75, 3.05) is 0 Å². The minimum Gasteiger partial charge on any atom is -0.270 e. The van der Waals surface area contributed by atoms with Crippen molar-refractivity contribution in [1.29, 1.82) is 0 Å². The van der Waals surface area contributed by atoms with Gasteiger partial charge in [0.15, 0.2) is 11.0 Å². The summed E-state index contributed by atoms with van der Waals surface area (Å²) in [6, 6.07) is 18.3. The van der Waals surface area contributed by atoms with E-state index in [0.717, 1.165) is 16.8 Å². The second-order valence-electron chi connectivity index (χ2n) is 6.24. The van der Waals surface area contributed by atoms with E-state index in [-0.39, 0.29) is 0 Å². The van der Waals surface area contributed by atoms with Crippen molar-refractivity contribution in [3.05, 3.63) is 91.3 Å². The average molecular weight is 516 g/mol. The third-order valence-corrected chi connectivity index (χ3v) is 6.91. The van der Waals surface area contributed by atoms with Gasteiger partial charge < -0.3 is 0 Å². The smallest absolute Gasteiger partial charge is 0.196 e. The number of thioether (sulfide) groups is 1. The molecule has 0 saturated heterocycles. The Labute approximate surface area is 202 Å². The lowest BCUT2D eigenvalue weighted by Crippen LogP contribution is -2.00. The summed E-state index contributed by atoms with van der Waals surface area (Å²) >= 11 is 32.6. The number of nitrogens with zero attached hydrogens (tertiary/aromatic N) is 3. The molecule has 30 heavy (non-hydrogen) atoms. The summed E-state index contributed by atoms with van der Waals surface area (Å²) in [5, 5.41) is 12.1. The van der Waals surface area contributed by atoms with Crippen LogP contribution in [0.25, 0.3) is 17.1 Å². The zero-order valence-electron chi connectivity index (χ0n) is 15.1. The van der Waals surface area contributed by atoms with Crippen molar-refractivity contribution in [3.8, 4) is 17.1 Å². The molecule has 0 N–H and O–H groups in total. The molecule has 4 rings (SSSR count). The first kappa shape index (κ1) is 21.8. The molecule has 9 heteroatoms. The maximum absolute atomic E-state index is 6.43. The standard InChI is InChI=1S/C21H12Cl5N3S/c22-13-6-5-12(18(25)9-13)11-30-21-28-27-20(15-3-1-2-4-16(15)23)29(21)14-7-8-17(24)19(26)10-14/h1-10H,11H2. The molecule has 0 spiro atoms. The van der Waals surface area contributed by atoms with E-state index in [1.807, 2.05) is 47.0 Å². The molecule has 3 nitrogen and oxygen atoms in total. The Morgan fingerprint density at radius 3 is 2.27 bits per heavy atom. The van der Waals surface area contributed by atoms with Crippen LogP contribution in [0.3, 0.4) is 0 Å². The molecule has 0 radical (unpaired) electrons. The fraction of sp³-hybridized carbons (Fsp3) is 0.0476. The quantitative estimate of drug-likeness (QED) is 0.250. The molecule has 152 valence electrons. The molecule has 1 aromatic heterocycles. The second-order valence-corrected chi connectivity index (χ2v) is 9.25. The number of halogens is 5. The van der Waals surface area contributed by atoms with Crippen LogP contribution < -0.4 is 0 Å². The summed E-state index contributed by atoms with van der Waals surface area (Å²) in [4.78, 5) is 0. The highest BCUT2D eigenvalue weighted by atomic mass is 35.5. The van der Waals surface area contributed by atoms with Crippen LogP contribution in [0.5, 0.6) is 0 Å². The van der Waals surface area contributed by atoms with Gasteiger partial charge in [-0.05, 0) is 48.0 Å². The largest absolute Gasteiger partial charge is 0.270 e. The molecule has 4 aromatic rings. The van der Waals surface area contributed by atoms with Gasteiger partial charge in [-0.15, -0.1) is 10.2 Å². The van der Waals surface area contributed by atoms with Crippen LogP contribution in [0, 0.1) is 0 Å². The SMILES string of the molecule is Clc1ccc(CSc2nnc(-c3ccccc3Cl)n2-c2ccc(Cl)c(Cl)c2)c(Cl)c1. The Hall–Kier alpha value is -1.40. The molecular formula is C21H12Cl5N3S. The molecule has 0 atom stereocenters. The summed E-state index contributed by atoms with van der Waals surface area (Å²) in [6.45, 7) is 0. The summed E-state index contributed by atoms with van der Waals surface area (Å²) < 4.78 is 1.90. The number of hydrogen-bond donors (Lipinski definition) is 0. The van der Waals surface area contributed by atoms with Gasteiger partial charge in [0.05, 0.1) is 20.8 Å². The normalized spacial score (nSPS) is 11.1. The molecule has 0 saturated carbocycles. The first-order valence-corrected chi connectivity index (χ1v) is 11.5. The number of aromatic nitrogens is 3. The van der Waals surface area contributed by atoms with Crippen LogP contribution in [0.4, 0.5) is 0 Å². The Morgan fingerprint density at radius 2 is 1.53 bits per heavy atom. The molecule has 3 aromatic carbocycles. The molecule has 0 bridgehead atoms. The second kappa shape index (κ2) is 9.39. The van der Waals surface area contributed by atoms with E-state index in [1.165, 1.54) is 11.8 Å². The highest BCUT2D eigenvalue weighted by molar-refractivity contribution is 7.98. The lowest BCUT2D eigenvalue weighted by Gasteiger charge is -2.12. The highest BCUT2D eigenvalue weighted by Crippen LogP contribution is 2.35. The summed E-state index contributed by atoms with van der Waals surface area (Å²) in [6.07, 6.45) is 0. The van der Waals surface area contributed by atoms with E-state index < -0.39 is 0 Å². The predicted octanol–water partition coefficient (Wildman–Crippen LogP) is 8.49. The van der Waals surface area contributed by atoms with Crippen LogP contribution in [-0.2, 0) is 5.75 Å². The zero-order valence-corrected chi connectivity index (χ0v) is 19.7.